The van der Waals surface area contributed by atoms with Crippen LogP contribution in [0, 0.1) is 12.8 Å². The summed E-state index contributed by atoms with van der Waals surface area (Å²) in [6.45, 7) is 16.6. The van der Waals surface area contributed by atoms with Crippen LogP contribution in [0.15, 0.2) is 85.4 Å². The lowest BCUT2D eigenvalue weighted by atomic mass is 10.1. The topological polar surface area (TPSA) is 82.3 Å². The summed E-state index contributed by atoms with van der Waals surface area (Å²) >= 11 is 1.75. The summed E-state index contributed by atoms with van der Waals surface area (Å²) in [5.74, 6) is 0.525. The summed E-state index contributed by atoms with van der Waals surface area (Å²) < 4.78 is 0. The lowest BCUT2D eigenvalue weighted by molar-refractivity contribution is 0.622. The van der Waals surface area contributed by atoms with Crippen molar-refractivity contribution in [2.75, 3.05) is 0 Å². The molecule has 0 fully saturated rings. The van der Waals surface area contributed by atoms with Gasteiger partial charge >= 0.3 is 0 Å². The Morgan fingerprint density at radius 3 is 2.68 bits per heavy atom. The van der Waals surface area contributed by atoms with Crippen LogP contribution in [0.2, 0.25) is 0 Å². The van der Waals surface area contributed by atoms with E-state index in [9.17, 15) is 0 Å². The molecule has 3 N–H and O–H groups in total. The van der Waals surface area contributed by atoms with E-state index >= 15 is 0 Å². The molecule has 0 aliphatic rings. The van der Waals surface area contributed by atoms with Gasteiger partial charge in [-0.2, -0.15) is 5.10 Å². The molecule has 6 nitrogen and oxygen atoms in total. The molecule has 5 rings (SSSR count). The van der Waals surface area contributed by atoms with Crippen molar-refractivity contribution in [3.8, 4) is 22.0 Å². The van der Waals surface area contributed by atoms with Gasteiger partial charge in [0, 0.05) is 33.4 Å². The summed E-state index contributed by atoms with van der Waals surface area (Å²) in [5.41, 5.74) is 9.03. The molecule has 0 unspecified atom stereocenters. The molecule has 0 spiro atoms. The van der Waals surface area contributed by atoms with Crippen LogP contribution in [0.25, 0.3) is 49.5 Å². The third kappa shape index (κ3) is 5.10. The maximum Gasteiger partial charge on any atom is 0.135 e. The smallest absolute Gasteiger partial charge is 0.135 e. The van der Waals surface area contributed by atoms with Gasteiger partial charge in [0.1, 0.15) is 11.2 Å². The number of fused-ring (bicyclic) bond motifs is 2. The SMILES string of the molecule is C=C/C(=C\C(=C/C)c1ccc2[nH]nc(-c3cc4c(-c5ccc(C)s5)nccc4[nH]3)c2n1)NC(=C)CC(C)C. The molecule has 0 aromatic carbocycles. The van der Waals surface area contributed by atoms with Gasteiger partial charge < -0.3 is 10.3 Å². The minimum Gasteiger partial charge on any atom is -0.359 e. The van der Waals surface area contributed by atoms with E-state index in [1.807, 2.05) is 43.5 Å². The van der Waals surface area contributed by atoms with Crippen molar-refractivity contribution in [1.82, 2.24) is 30.5 Å². The fraction of sp³-hybridized carbons (Fsp3) is 0.194. The van der Waals surface area contributed by atoms with E-state index in [1.165, 1.54) is 4.88 Å². The van der Waals surface area contributed by atoms with Crippen molar-refractivity contribution < 1.29 is 0 Å². The molecule has 0 amide bonds. The second-order valence-corrected chi connectivity index (χ2v) is 11.0. The summed E-state index contributed by atoms with van der Waals surface area (Å²) in [4.78, 5) is 15.7. The number of thiophene rings is 1. The highest BCUT2D eigenvalue weighted by Gasteiger charge is 2.16. The van der Waals surface area contributed by atoms with Gasteiger partial charge in [-0.3, -0.25) is 10.1 Å². The van der Waals surface area contributed by atoms with E-state index in [0.717, 1.165) is 73.0 Å². The minimum atomic E-state index is 0.525. The van der Waals surface area contributed by atoms with E-state index in [4.69, 9.17) is 4.98 Å². The number of aromatic nitrogens is 5. The molecule has 192 valence electrons. The normalized spacial score (nSPS) is 12.6. The predicted molar refractivity (Wildman–Crippen MR) is 161 cm³/mol. The summed E-state index contributed by atoms with van der Waals surface area (Å²) in [7, 11) is 0. The molecule has 0 atom stereocenters. The molecule has 0 aliphatic carbocycles. The molecule has 38 heavy (non-hydrogen) atoms. The lowest BCUT2D eigenvalue weighted by Crippen LogP contribution is -2.12. The lowest BCUT2D eigenvalue weighted by Gasteiger charge is -2.13. The van der Waals surface area contributed by atoms with Crippen LogP contribution in [-0.2, 0) is 0 Å². The number of aryl methyl sites for hydroxylation is 1. The van der Waals surface area contributed by atoms with E-state index in [0.29, 0.717) is 5.92 Å². The van der Waals surface area contributed by atoms with Gasteiger partial charge in [-0.1, -0.05) is 33.1 Å². The highest BCUT2D eigenvalue weighted by molar-refractivity contribution is 7.15. The summed E-state index contributed by atoms with van der Waals surface area (Å²) in [5, 5.41) is 12.2. The third-order valence-electron chi connectivity index (χ3n) is 6.30. The maximum absolute atomic E-state index is 5.03. The van der Waals surface area contributed by atoms with Crippen molar-refractivity contribution in [2.45, 2.75) is 34.1 Å². The highest BCUT2D eigenvalue weighted by atomic mass is 32.1. The molecule has 0 radical (unpaired) electrons. The maximum atomic E-state index is 5.03. The Hall–Kier alpha value is -4.23. The number of H-pyrrole nitrogens is 2. The number of nitrogens with zero attached hydrogens (tertiary/aromatic N) is 3. The Balaban J connectivity index is 1.52. The first-order chi connectivity index (χ1) is 18.4. The van der Waals surface area contributed by atoms with Gasteiger partial charge in [-0.15, -0.1) is 11.3 Å². The monoisotopic (exact) mass is 520 g/mol. The zero-order valence-electron chi connectivity index (χ0n) is 22.2. The Bertz CT molecular complexity index is 1710. The van der Waals surface area contributed by atoms with E-state index in [-0.39, 0.29) is 0 Å². The number of hydrogen-bond acceptors (Lipinski definition) is 5. The average Bonchev–Trinajstić information content (AvgIpc) is 3.63. The number of rotatable bonds is 9. The average molecular weight is 521 g/mol. The second kappa shape index (κ2) is 10.6. The summed E-state index contributed by atoms with van der Waals surface area (Å²) in [6.07, 6.45) is 8.65. The molecule has 0 bridgehead atoms. The van der Waals surface area contributed by atoms with Gasteiger partial charge in [0.25, 0.3) is 0 Å². The van der Waals surface area contributed by atoms with Crippen LogP contribution in [0.4, 0.5) is 0 Å². The Labute approximate surface area is 226 Å². The molecule has 5 heterocycles. The zero-order valence-corrected chi connectivity index (χ0v) is 23.0. The standard InChI is InChI=1S/C31H32N6S/c1-7-21(16-22(8-2)33-19(5)15-18(3)4)24-10-11-26-30(35-24)31(37-36-26)27-17-23-25(34-27)13-14-32-29(23)28-12-9-20(6)38-28/h7-14,16-18,33-34H,2,5,15H2,1,3-4,6H3,(H,36,37)/b21-7+,22-16+. The largest absolute Gasteiger partial charge is 0.359 e. The Kier molecular flexibility index (Phi) is 7.11. The first-order valence-corrected chi connectivity index (χ1v) is 13.5. The molecular formula is C31H32N6S. The van der Waals surface area contributed by atoms with E-state index in [1.54, 1.807) is 11.3 Å². The van der Waals surface area contributed by atoms with Crippen LogP contribution in [0.5, 0.6) is 0 Å². The van der Waals surface area contributed by atoms with Crippen molar-refractivity contribution in [1.29, 1.82) is 0 Å². The predicted octanol–water partition coefficient (Wildman–Crippen LogP) is 8.16. The molecule has 5 aromatic heterocycles. The molecular weight excluding hydrogens is 488 g/mol. The van der Waals surface area contributed by atoms with Crippen LogP contribution >= 0.6 is 11.3 Å². The van der Waals surface area contributed by atoms with Crippen LogP contribution in [0.3, 0.4) is 0 Å². The fourth-order valence-electron chi connectivity index (χ4n) is 4.55. The Morgan fingerprint density at radius 1 is 1.13 bits per heavy atom. The van der Waals surface area contributed by atoms with Gasteiger partial charge in [0.15, 0.2) is 0 Å². The fourth-order valence-corrected chi connectivity index (χ4v) is 5.43. The second-order valence-electron chi connectivity index (χ2n) is 9.75. The summed E-state index contributed by atoms with van der Waals surface area (Å²) in [6, 6.07) is 12.4. The van der Waals surface area contributed by atoms with Crippen molar-refractivity contribution >= 4 is 38.8 Å². The first-order valence-electron chi connectivity index (χ1n) is 12.7. The van der Waals surface area contributed by atoms with Crippen molar-refractivity contribution in [2.24, 2.45) is 5.92 Å². The molecule has 0 saturated heterocycles. The van der Waals surface area contributed by atoms with Crippen molar-refractivity contribution in [3.63, 3.8) is 0 Å². The van der Waals surface area contributed by atoms with E-state index in [2.05, 4.69) is 83.7 Å². The number of nitrogens with one attached hydrogen (secondary N) is 3. The highest BCUT2D eigenvalue weighted by Crippen LogP contribution is 2.35. The van der Waals surface area contributed by atoms with Gasteiger partial charge in [0.05, 0.1) is 27.5 Å². The van der Waals surface area contributed by atoms with Crippen molar-refractivity contribution in [3.05, 3.63) is 95.9 Å². The van der Waals surface area contributed by atoms with Gasteiger partial charge in [-0.25, -0.2) is 4.98 Å². The molecule has 5 aromatic rings. The zero-order chi connectivity index (χ0) is 26.8. The quantitative estimate of drug-likeness (QED) is 0.171. The van der Waals surface area contributed by atoms with E-state index < -0.39 is 0 Å². The number of hydrogen-bond donors (Lipinski definition) is 3. The molecule has 0 aliphatic heterocycles. The number of pyridine rings is 2. The Morgan fingerprint density at radius 2 is 1.97 bits per heavy atom. The molecule has 7 heteroatoms. The van der Waals surface area contributed by atoms with Crippen LogP contribution < -0.4 is 5.32 Å². The first kappa shape index (κ1) is 25.4. The third-order valence-corrected chi connectivity index (χ3v) is 7.31. The van der Waals surface area contributed by atoms with Crippen LogP contribution in [-0.4, -0.2) is 25.1 Å². The number of aromatic amines is 2. The minimum absolute atomic E-state index is 0.525. The number of allylic oxidation sites excluding steroid dienone is 5. The van der Waals surface area contributed by atoms with Gasteiger partial charge in [0.2, 0.25) is 0 Å². The molecule has 0 saturated carbocycles. The van der Waals surface area contributed by atoms with Crippen LogP contribution in [0.1, 0.15) is 37.8 Å². The van der Waals surface area contributed by atoms with Gasteiger partial charge in [-0.05, 0) is 80.3 Å².